The summed E-state index contributed by atoms with van der Waals surface area (Å²) in [7, 11) is 0. The number of rotatable bonds is 2. The quantitative estimate of drug-likeness (QED) is 0.898. The Labute approximate surface area is 116 Å². The monoisotopic (exact) mass is 261 g/mol. The van der Waals surface area contributed by atoms with Crippen molar-refractivity contribution >= 4 is 11.6 Å². The predicted octanol–water partition coefficient (Wildman–Crippen LogP) is 1.98. The molecule has 0 aliphatic carbocycles. The zero-order chi connectivity index (χ0) is 14.0. The van der Waals surface area contributed by atoms with Crippen LogP contribution in [-0.2, 0) is 10.2 Å². The maximum atomic E-state index is 12.3. The number of benzene rings is 2. The molecule has 1 amide bonds. The Morgan fingerprint density at radius 2 is 1.60 bits per heavy atom. The molecule has 1 N–H and O–H groups in total. The number of hydrogen-bond donors (Lipinski definition) is 1. The molecule has 1 heterocycles. The molecular formula is C16H11N3O. The van der Waals surface area contributed by atoms with Crippen LogP contribution in [0.2, 0.25) is 0 Å². The predicted molar refractivity (Wildman–Crippen MR) is 74.9 cm³/mol. The molecule has 2 aromatic rings. The van der Waals surface area contributed by atoms with Gasteiger partial charge in [0.1, 0.15) is 5.71 Å². The first-order chi connectivity index (χ1) is 9.79. The number of nitrogens with zero attached hydrogens (tertiary/aromatic N) is 2. The van der Waals surface area contributed by atoms with E-state index in [-0.39, 0.29) is 0 Å². The van der Waals surface area contributed by atoms with Crippen molar-refractivity contribution in [2.45, 2.75) is 5.41 Å². The Hall–Kier alpha value is -2.93. The second-order valence-electron chi connectivity index (χ2n) is 4.50. The van der Waals surface area contributed by atoms with Gasteiger partial charge in [-0.3, -0.25) is 4.79 Å². The van der Waals surface area contributed by atoms with Gasteiger partial charge in [0.2, 0.25) is 5.41 Å². The smallest absolute Gasteiger partial charge is 0.270 e. The zero-order valence-electron chi connectivity index (χ0n) is 10.6. The van der Waals surface area contributed by atoms with Crippen LogP contribution < -0.4 is 5.43 Å². The van der Waals surface area contributed by atoms with Gasteiger partial charge in [0.25, 0.3) is 5.91 Å². The minimum atomic E-state index is -1.39. The second kappa shape index (κ2) is 4.63. The number of nitriles is 1. The van der Waals surface area contributed by atoms with Crippen LogP contribution >= 0.6 is 0 Å². The molecule has 0 bridgehead atoms. The van der Waals surface area contributed by atoms with Crippen LogP contribution in [-0.4, -0.2) is 11.6 Å². The van der Waals surface area contributed by atoms with E-state index in [0.717, 1.165) is 5.56 Å². The lowest BCUT2D eigenvalue weighted by Crippen LogP contribution is -2.41. The maximum absolute atomic E-state index is 12.3. The second-order valence-corrected chi connectivity index (χ2v) is 4.50. The van der Waals surface area contributed by atoms with Crippen molar-refractivity contribution in [2.24, 2.45) is 5.10 Å². The molecule has 1 unspecified atom stereocenters. The highest BCUT2D eigenvalue weighted by Gasteiger charge is 2.50. The molecule has 1 aliphatic heterocycles. The van der Waals surface area contributed by atoms with Crippen molar-refractivity contribution in [3.8, 4) is 6.07 Å². The van der Waals surface area contributed by atoms with Crippen LogP contribution in [0.1, 0.15) is 11.1 Å². The number of amides is 1. The molecular weight excluding hydrogens is 250 g/mol. The molecule has 0 aromatic heterocycles. The summed E-state index contributed by atoms with van der Waals surface area (Å²) in [6.07, 6.45) is 0. The molecule has 0 radical (unpaired) electrons. The first-order valence-electron chi connectivity index (χ1n) is 6.20. The number of hydrogen-bond acceptors (Lipinski definition) is 3. The lowest BCUT2D eigenvalue weighted by molar-refractivity contribution is -0.122. The highest BCUT2D eigenvalue weighted by atomic mass is 16.2. The molecule has 3 rings (SSSR count). The molecule has 0 saturated carbocycles. The highest BCUT2D eigenvalue weighted by molar-refractivity contribution is 6.26. The summed E-state index contributed by atoms with van der Waals surface area (Å²) in [6, 6.07) is 20.4. The Morgan fingerprint density at radius 3 is 2.20 bits per heavy atom. The summed E-state index contributed by atoms with van der Waals surface area (Å²) in [4.78, 5) is 12.3. The van der Waals surface area contributed by atoms with E-state index in [1.165, 1.54) is 0 Å². The van der Waals surface area contributed by atoms with E-state index < -0.39 is 11.3 Å². The fourth-order valence-electron chi connectivity index (χ4n) is 2.38. The number of nitrogens with one attached hydrogen (secondary N) is 1. The SMILES string of the molecule is N#CC1(c2ccccc2)C(=O)NN=C1c1ccccc1. The van der Waals surface area contributed by atoms with Crippen LogP contribution in [0.4, 0.5) is 0 Å². The molecule has 20 heavy (non-hydrogen) atoms. The fourth-order valence-corrected chi connectivity index (χ4v) is 2.38. The third kappa shape index (κ3) is 1.61. The molecule has 0 saturated heterocycles. The first kappa shape index (κ1) is 12.1. The zero-order valence-corrected chi connectivity index (χ0v) is 10.6. The summed E-state index contributed by atoms with van der Waals surface area (Å²) in [5, 5.41) is 13.8. The molecule has 96 valence electrons. The van der Waals surface area contributed by atoms with Gasteiger partial charge >= 0.3 is 0 Å². The highest BCUT2D eigenvalue weighted by Crippen LogP contribution is 2.32. The molecule has 1 aliphatic rings. The topological polar surface area (TPSA) is 65.2 Å². The standard InChI is InChI=1S/C16H11N3O/c17-11-16(13-9-5-2-6-10-13)14(18-19-15(16)20)12-7-3-1-4-8-12/h1-10H,(H,19,20). The molecule has 0 fully saturated rings. The Balaban J connectivity index is 2.21. The summed E-state index contributed by atoms with van der Waals surface area (Å²) < 4.78 is 0. The molecule has 2 aromatic carbocycles. The number of carbonyl (C=O) groups is 1. The maximum Gasteiger partial charge on any atom is 0.271 e. The van der Waals surface area contributed by atoms with Crippen molar-refractivity contribution in [3.05, 3.63) is 71.8 Å². The van der Waals surface area contributed by atoms with Gasteiger partial charge in [0.05, 0.1) is 6.07 Å². The average molecular weight is 261 g/mol. The van der Waals surface area contributed by atoms with Gasteiger partial charge in [-0.15, -0.1) is 0 Å². The van der Waals surface area contributed by atoms with E-state index in [4.69, 9.17) is 0 Å². The third-order valence-electron chi connectivity index (χ3n) is 3.39. The molecule has 0 spiro atoms. The molecule has 1 atom stereocenters. The van der Waals surface area contributed by atoms with Crippen LogP contribution in [0, 0.1) is 11.3 Å². The third-order valence-corrected chi connectivity index (χ3v) is 3.39. The number of hydrazone groups is 1. The Morgan fingerprint density at radius 1 is 1.00 bits per heavy atom. The van der Waals surface area contributed by atoms with Crippen molar-refractivity contribution in [1.82, 2.24) is 5.43 Å². The van der Waals surface area contributed by atoms with Gasteiger partial charge in [-0.2, -0.15) is 10.4 Å². The van der Waals surface area contributed by atoms with Gasteiger partial charge in [-0.25, -0.2) is 5.43 Å². The van der Waals surface area contributed by atoms with Gasteiger partial charge in [0, 0.05) is 5.56 Å². The number of carbonyl (C=O) groups excluding carboxylic acids is 1. The van der Waals surface area contributed by atoms with Crippen molar-refractivity contribution in [2.75, 3.05) is 0 Å². The van der Waals surface area contributed by atoms with Crippen LogP contribution in [0.5, 0.6) is 0 Å². The minimum absolute atomic E-state index is 0.412. The van der Waals surface area contributed by atoms with Crippen LogP contribution in [0.25, 0.3) is 0 Å². The van der Waals surface area contributed by atoms with Gasteiger partial charge in [-0.05, 0) is 5.56 Å². The lowest BCUT2D eigenvalue weighted by atomic mass is 9.75. The summed E-state index contributed by atoms with van der Waals surface area (Å²) in [5.74, 6) is -0.412. The van der Waals surface area contributed by atoms with E-state index >= 15 is 0 Å². The summed E-state index contributed by atoms with van der Waals surface area (Å²) in [6.45, 7) is 0. The fraction of sp³-hybridized carbons (Fsp3) is 0.0625. The largest absolute Gasteiger partial charge is 0.271 e. The first-order valence-corrected chi connectivity index (χ1v) is 6.20. The van der Waals surface area contributed by atoms with Crippen molar-refractivity contribution in [1.29, 1.82) is 5.26 Å². The van der Waals surface area contributed by atoms with Gasteiger partial charge < -0.3 is 0 Å². The molecule has 4 nitrogen and oxygen atoms in total. The van der Waals surface area contributed by atoms with E-state index in [0.29, 0.717) is 11.3 Å². The van der Waals surface area contributed by atoms with E-state index in [1.807, 2.05) is 48.5 Å². The average Bonchev–Trinajstić information content (AvgIpc) is 2.86. The van der Waals surface area contributed by atoms with Gasteiger partial charge in [0.15, 0.2) is 0 Å². The van der Waals surface area contributed by atoms with E-state index in [9.17, 15) is 10.1 Å². The van der Waals surface area contributed by atoms with E-state index in [2.05, 4.69) is 16.6 Å². The van der Waals surface area contributed by atoms with Crippen LogP contribution in [0.15, 0.2) is 65.8 Å². The summed E-state index contributed by atoms with van der Waals surface area (Å²) >= 11 is 0. The Kier molecular flexibility index (Phi) is 2.81. The Bertz CT molecular complexity index is 716. The van der Waals surface area contributed by atoms with Crippen molar-refractivity contribution in [3.63, 3.8) is 0 Å². The van der Waals surface area contributed by atoms with Crippen molar-refractivity contribution < 1.29 is 4.79 Å². The lowest BCUT2D eigenvalue weighted by Gasteiger charge is -2.20. The van der Waals surface area contributed by atoms with Crippen LogP contribution in [0.3, 0.4) is 0 Å². The normalized spacial score (nSPS) is 20.9. The van der Waals surface area contributed by atoms with E-state index in [1.54, 1.807) is 12.1 Å². The molecule has 4 heteroatoms. The summed E-state index contributed by atoms with van der Waals surface area (Å²) in [5.41, 5.74) is 2.88. The minimum Gasteiger partial charge on any atom is -0.270 e. The van der Waals surface area contributed by atoms with Gasteiger partial charge in [-0.1, -0.05) is 60.7 Å².